The van der Waals surface area contributed by atoms with Gasteiger partial charge in [0.05, 0.1) is 16.7 Å². The molecule has 7 aromatic rings. The van der Waals surface area contributed by atoms with Crippen molar-refractivity contribution >= 4 is 38.9 Å². The molecule has 0 spiro atoms. The van der Waals surface area contributed by atoms with Crippen LogP contribution in [0.1, 0.15) is 11.1 Å². The number of fused-ring (bicyclic) bond motifs is 3. The molecule has 6 aromatic carbocycles. The van der Waals surface area contributed by atoms with Crippen LogP contribution in [-0.4, -0.2) is 4.57 Å². The highest BCUT2D eigenvalue weighted by Crippen LogP contribution is 2.44. The zero-order chi connectivity index (χ0) is 27.1. The van der Waals surface area contributed by atoms with Crippen molar-refractivity contribution in [2.45, 2.75) is 13.8 Å². The number of nitrogens with zero attached hydrogens (tertiary/aromatic N) is 2. The van der Waals surface area contributed by atoms with Crippen molar-refractivity contribution in [2.75, 3.05) is 4.90 Å². The van der Waals surface area contributed by atoms with Crippen LogP contribution in [0.5, 0.6) is 0 Å². The van der Waals surface area contributed by atoms with E-state index in [1.165, 1.54) is 55.4 Å². The van der Waals surface area contributed by atoms with Gasteiger partial charge >= 0.3 is 0 Å². The number of para-hydroxylation sites is 2. The van der Waals surface area contributed by atoms with E-state index in [2.05, 4.69) is 169 Å². The molecular formula is C38H30N2. The molecule has 1 aromatic heterocycles. The minimum Gasteiger partial charge on any atom is -0.310 e. The summed E-state index contributed by atoms with van der Waals surface area (Å²) in [6.45, 7) is 4.42. The highest BCUT2D eigenvalue weighted by Gasteiger charge is 2.22. The third-order valence-electron chi connectivity index (χ3n) is 7.70. The lowest BCUT2D eigenvalue weighted by atomic mass is 10.0. The number of hydrogen-bond acceptors (Lipinski definition) is 1. The predicted octanol–water partition coefficient (Wildman–Crippen LogP) is 10.5. The van der Waals surface area contributed by atoms with E-state index < -0.39 is 0 Å². The fourth-order valence-corrected chi connectivity index (χ4v) is 6.03. The molecule has 0 saturated heterocycles. The molecule has 0 aliphatic rings. The largest absolute Gasteiger partial charge is 0.310 e. The molecule has 40 heavy (non-hydrogen) atoms. The van der Waals surface area contributed by atoms with Gasteiger partial charge in [-0.2, -0.15) is 0 Å². The van der Waals surface area contributed by atoms with Gasteiger partial charge in [-0.15, -0.1) is 0 Å². The van der Waals surface area contributed by atoms with Crippen LogP contribution < -0.4 is 4.90 Å². The van der Waals surface area contributed by atoms with Gasteiger partial charge < -0.3 is 9.47 Å². The summed E-state index contributed by atoms with van der Waals surface area (Å²) in [4.78, 5) is 2.39. The SMILES string of the molecule is Cc1cc(C)c2c(c1)c1c(N(c3ccccc3)c3ccc(-c4ccccc4)cc3)cccc1n2-c1ccccc1. The van der Waals surface area contributed by atoms with Gasteiger partial charge in [-0.05, 0) is 85.1 Å². The second-order valence-corrected chi connectivity index (χ2v) is 10.4. The lowest BCUT2D eigenvalue weighted by Gasteiger charge is -2.26. The summed E-state index contributed by atoms with van der Waals surface area (Å²) in [6.07, 6.45) is 0. The lowest BCUT2D eigenvalue weighted by Crippen LogP contribution is -2.10. The fourth-order valence-electron chi connectivity index (χ4n) is 6.03. The number of benzene rings is 6. The molecular weight excluding hydrogens is 484 g/mol. The maximum atomic E-state index is 2.42. The van der Waals surface area contributed by atoms with Gasteiger partial charge in [0.1, 0.15) is 0 Å². The van der Waals surface area contributed by atoms with E-state index in [4.69, 9.17) is 0 Å². The zero-order valence-corrected chi connectivity index (χ0v) is 22.8. The number of aryl methyl sites for hydroxylation is 2. The molecule has 7 rings (SSSR count). The van der Waals surface area contributed by atoms with Crippen LogP contribution in [0.25, 0.3) is 38.6 Å². The molecule has 0 unspecified atom stereocenters. The molecule has 1 heterocycles. The highest BCUT2D eigenvalue weighted by molar-refractivity contribution is 6.17. The molecule has 192 valence electrons. The summed E-state index contributed by atoms with van der Waals surface area (Å²) in [5.41, 5.74) is 12.0. The molecule has 0 saturated carbocycles. The summed E-state index contributed by atoms with van der Waals surface area (Å²) in [7, 11) is 0. The van der Waals surface area contributed by atoms with Crippen molar-refractivity contribution in [1.82, 2.24) is 4.57 Å². The Hall–Kier alpha value is -5.08. The smallest absolute Gasteiger partial charge is 0.0571 e. The van der Waals surface area contributed by atoms with Crippen LogP contribution in [0.15, 0.2) is 146 Å². The molecule has 0 bridgehead atoms. The van der Waals surface area contributed by atoms with Gasteiger partial charge in [0.2, 0.25) is 0 Å². The van der Waals surface area contributed by atoms with Crippen molar-refractivity contribution in [2.24, 2.45) is 0 Å². The van der Waals surface area contributed by atoms with E-state index in [0.29, 0.717) is 0 Å². The maximum absolute atomic E-state index is 2.42. The zero-order valence-electron chi connectivity index (χ0n) is 22.8. The number of hydrogen-bond donors (Lipinski definition) is 0. The first-order chi connectivity index (χ1) is 19.7. The van der Waals surface area contributed by atoms with Gasteiger partial charge in [0.25, 0.3) is 0 Å². The van der Waals surface area contributed by atoms with Gasteiger partial charge in [0, 0.05) is 27.8 Å². The number of aromatic nitrogens is 1. The minimum atomic E-state index is 1.13. The van der Waals surface area contributed by atoms with E-state index in [9.17, 15) is 0 Å². The average Bonchev–Trinajstić information content (AvgIpc) is 3.34. The van der Waals surface area contributed by atoms with Crippen LogP contribution in [0, 0.1) is 13.8 Å². The van der Waals surface area contributed by atoms with E-state index in [1.807, 2.05) is 0 Å². The molecule has 2 heteroatoms. The van der Waals surface area contributed by atoms with Crippen molar-refractivity contribution in [1.29, 1.82) is 0 Å². The summed E-state index contributed by atoms with van der Waals surface area (Å²) in [6, 6.07) is 52.2. The van der Waals surface area contributed by atoms with E-state index in [1.54, 1.807) is 0 Å². The van der Waals surface area contributed by atoms with Crippen LogP contribution in [-0.2, 0) is 0 Å². The Morgan fingerprint density at radius 2 is 1.12 bits per heavy atom. The Kier molecular flexibility index (Phi) is 5.94. The van der Waals surface area contributed by atoms with Crippen molar-refractivity contribution < 1.29 is 0 Å². The fraction of sp³-hybridized carbons (Fsp3) is 0.0526. The summed E-state index contributed by atoms with van der Waals surface area (Å²) in [5, 5.41) is 2.53. The summed E-state index contributed by atoms with van der Waals surface area (Å²) >= 11 is 0. The van der Waals surface area contributed by atoms with E-state index in [-0.39, 0.29) is 0 Å². The molecule has 2 nitrogen and oxygen atoms in total. The first-order valence-corrected chi connectivity index (χ1v) is 13.8. The van der Waals surface area contributed by atoms with Crippen LogP contribution in [0.4, 0.5) is 17.1 Å². The van der Waals surface area contributed by atoms with Crippen LogP contribution in [0.2, 0.25) is 0 Å². The molecule has 0 N–H and O–H groups in total. The Morgan fingerprint density at radius 1 is 0.525 bits per heavy atom. The Morgan fingerprint density at radius 3 is 1.82 bits per heavy atom. The van der Waals surface area contributed by atoms with E-state index >= 15 is 0 Å². The second-order valence-electron chi connectivity index (χ2n) is 10.4. The lowest BCUT2D eigenvalue weighted by molar-refractivity contribution is 1.16. The monoisotopic (exact) mass is 514 g/mol. The third-order valence-corrected chi connectivity index (χ3v) is 7.70. The Balaban J connectivity index is 1.52. The summed E-state index contributed by atoms with van der Waals surface area (Å²) < 4.78 is 2.42. The number of rotatable bonds is 5. The topological polar surface area (TPSA) is 8.17 Å². The molecule has 0 fully saturated rings. The predicted molar refractivity (Wildman–Crippen MR) is 170 cm³/mol. The Labute approximate surface area is 235 Å². The minimum absolute atomic E-state index is 1.13. The number of anilines is 3. The van der Waals surface area contributed by atoms with Crippen LogP contribution >= 0.6 is 0 Å². The average molecular weight is 515 g/mol. The second kappa shape index (κ2) is 9.91. The quantitative estimate of drug-likeness (QED) is 0.222. The molecule has 0 aliphatic carbocycles. The molecule has 0 amide bonds. The van der Waals surface area contributed by atoms with Crippen molar-refractivity contribution in [3.63, 3.8) is 0 Å². The molecule has 0 aliphatic heterocycles. The normalized spacial score (nSPS) is 11.2. The standard InChI is InChI=1S/C38H30N2/c1-27-25-28(2)38-34(26-27)37-35(19-12-20-36(37)40(38)32-17-10-5-11-18-32)39(31-15-8-4-9-16-31)33-23-21-30(22-24-33)29-13-6-3-7-14-29/h3-26H,1-2H3. The van der Waals surface area contributed by atoms with Crippen LogP contribution in [0.3, 0.4) is 0 Å². The third kappa shape index (κ3) is 4.06. The summed E-state index contributed by atoms with van der Waals surface area (Å²) in [5.74, 6) is 0. The van der Waals surface area contributed by atoms with Crippen molar-refractivity contribution in [3.8, 4) is 16.8 Å². The molecule has 0 radical (unpaired) electrons. The molecule has 0 atom stereocenters. The first kappa shape index (κ1) is 24.0. The van der Waals surface area contributed by atoms with Crippen molar-refractivity contribution in [3.05, 3.63) is 157 Å². The van der Waals surface area contributed by atoms with E-state index in [0.717, 1.165) is 11.4 Å². The Bertz CT molecular complexity index is 1940. The first-order valence-electron chi connectivity index (χ1n) is 13.8. The van der Waals surface area contributed by atoms with Gasteiger partial charge in [0.15, 0.2) is 0 Å². The van der Waals surface area contributed by atoms with Gasteiger partial charge in [-0.3, -0.25) is 0 Å². The highest BCUT2D eigenvalue weighted by atomic mass is 15.1. The maximum Gasteiger partial charge on any atom is 0.0571 e. The van der Waals surface area contributed by atoms with Gasteiger partial charge in [-0.1, -0.05) is 96.6 Å². The van der Waals surface area contributed by atoms with Gasteiger partial charge in [-0.25, -0.2) is 0 Å².